The smallest absolute Gasteiger partial charge is 0.198 e. The van der Waals surface area contributed by atoms with Crippen molar-refractivity contribution >= 4 is 0 Å². The molecule has 1 spiro atoms. The first kappa shape index (κ1) is 25.6. The Kier molecular flexibility index (Phi) is 5.02. The van der Waals surface area contributed by atoms with Crippen LogP contribution in [0, 0.1) is 40.9 Å². The number of ether oxygens (including phenoxy) is 1. The van der Waals surface area contributed by atoms with E-state index in [-0.39, 0.29) is 18.9 Å². The van der Waals surface area contributed by atoms with E-state index >= 15 is 0 Å². The van der Waals surface area contributed by atoms with Gasteiger partial charge in [-0.15, -0.1) is 0 Å². The van der Waals surface area contributed by atoms with Crippen LogP contribution in [0.5, 0.6) is 0 Å². The Morgan fingerprint density at radius 1 is 0.838 bits per heavy atom. The van der Waals surface area contributed by atoms with Crippen LogP contribution in [0.1, 0.15) is 52.9 Å². The van der Waals surface area contributed by atoms with E-state index in [1.807, 2.05) is 6.92 Å². The van der Waals surface area contributed by atoms with Crippen molar-refractivity contribution in [1.82, 2.24) is 4.90 Å². The van der Waals surface area contributed by atoms with Crippen LogP contribution in [0.2, 0.25) is 0 Å². The summed E-state index contributed by atoms with van der Waals surface area (Å²) in [6.45, 7) is 7.08. The standard InChI is InChI=1S/C27H43NO9/c1-11-4-5-14-24(3,34)16-12(10-28(14)9-11)13-8-25-21(26(13,35)22(33)17(16)30)19(32)18(31)20-23(25,2)7-6-15(29)27(20,36)37-25/h11-22,29-36H,4-10H2,1-3H3. The van der Waals surface area contributed by atoms with E-state index in [9.17, 15) is 40.9 Å². The monoisotopic (exact) mass is 525 g/mol. The molecule has 3 aliphatic heterocycles. The van der Waals surface area contributed by atoms with Crippen LogP contribution in [0.4, 0.5) is 0 Å². The van der Waals surface area contributed by atoms with Gasteiger partial charge in [-0.25, -0.2) is 0 Å². The predicted molar refractivity (Wildman–Crippen MR) is 128 cm³/mol. The first-order valence-electron chi connectivity index (χ1n) is 14.2. The Labute approximate surface area is 216 Å². The van der Waals surface area contributed by atoms with E-state index in [1.54, 1.807) is 6.92 Å². The van der Waals surface area contributed by atoms with Gasteiger partial charge >= 0.3 is 0 Å². The van der Waals surface area contributed by atoms with Crippen molar-refractivity contribution in [2.75, 3.05) is 13.1 Å². The summed E-state index contributed by atoms with van der Waals surface area (Å²) in [5, 5.41) is 92.8. The molecule has 10 nitrogen and oxygen atoms in total. The summed E-state index contributed by atoms with van der Waals surface area (Å²) in [5.41, 5.74) is -5.58. The number of fused-ring (bicyclic) bond motifs is 5. The summed E-state index contributed by atoms with van der Waals surface area (Å²) in [4.78, 5) is 2.25. The molecular weight excluding hydrogens is 482 g/mol. The molecule has 3 saturated heterocycles. The molecule has 17 unspecified atom stereocenters. The van der Waals surface area contributed by atoms with Gasteiger partial charge in [0.05, 0.1) is 35.4 Å². The first-order valence-corrected chi connectivity index (χ1v) is 14.2. The van der Waals surface area contributed by atoms with Crippen LogP contribution in [-0.2, 0) is 4.74 Å². The maximum Gasteiger partial charge on any atom is 0.198 e. The molecule has 4 aliphatic carbocycles. The summed E-state index contributed by atoms with van der Waals surface area (Å²) in [6, 6.07) is -0.174. The molecule has 37 heavy (non-hydrogen) atoms. The van der Waals surface area contributed by atoms with Gasteiger partial charge in [-0.2, -0.15) is 0 Å². The molecule has 0 radical (unpaired) electrons. The molecule has 7 aliphatic rings. The number of nitrogens with zero attached hydrogens (tertiary/aromatic N) is 1. The van der Waals surface area contributed by atoms with Crippen molar-refractivity contribution in [3.8, 4) is 0 Å². The molecule has 8 N–H and O–H groups in total. The Morgan fingerprint density at radius 3 is 2.22 bits per heavy atom. The third kappa shape index (κ3) is 2.59. The second kappa shape index (κ2) is 7.26. The summed E-state index contributed by atoms with van der Waals surface area (Å²) in [5.74, 6) is -5.64. The SMILES string of the molecule is CC1CCC2N(C1)CC1C(C(O)C(O)C3(O)C1CC14OC5(O)C(O)CCC1(C)C5C(O)C(O)C34)C2(C)O. The van der Waals surface area contributed by atoms with Crippen LogP contribution in [-0.4, -0.2) is 118 Å². The zero-order valence-corrected chi connectivity index (χ0v) is 21.8. The molecular formula is C27H43NO9. The lowest BCUT2D eigenvalue weighted by Crippen LogP contribution is -2.77. The summed E-state index contributed by atoms with van der Waals surface area (Å²) in [7, 11) is 0. The second-order valence-corrected chi connectivity index (χ2v) is 14.4. The van der Waals surface area contributed by atoms with Crippen molar-refractivity contribution in [3.63, 3.8) is 0 Å². The summed E-state index contributed by atoms with van der Waals surface area (Å²) in [6.07, 6.45) is -4.91. The van der Waals surface area contributed by atoms with Gasteiger partial charge in [0, 0.05) is 36.4 Å². The summed E-state index contributed by atoms with van der Waals surface area (Å²) >= 11 is 0. The lowest BCUT2D eigenvalue weighted by atomic mass is 9.48. The van der Waals surface area contributed by atoms with Crippen molar-refractivity contribution in [1.29, 1.82) is 0 Å². The van der Waals surface area contributed by atoms with E-state index in [0.29, 0.717) is 18.9 Å². The molecule has 0 aromatic carbocycles. The van der Waals surface area contributed by atoms with Gasteiger partial charge < -0.3 is 45.6 Å². The number of rotatable bonds is 0. The average molecular weight is 526 g/mol. The van der Waals surface area contributed by atoms with Gasteiger partial charge in [-0.3, -0.25) is 4.90 Å². The maximum absolute atomic E-state index is 12.5. The topological polar surface area (TPSA) is 174 Å². The molecule has 7 rings (SSSR count). The third-order valence-corrected chi connectivity index (χ3v) is 12.9. The van der Waals surface area contributed by atoms with Crippen molar-refractivity contribution < 1.29 is 45.6 Å². The quantitative estimate of drug-likeness (QED) is 0.179. The Morgan fingerprint density at radius 2 is 1.51 bits per heavy atom. The van der Waals surface area contributed by atoms with Crippen LogP contribution in [0.3, 0.4) is 0 Å². The van der Waals surface area contributed by atoms with Gasteiger partial charge in [-0.05, 0) is 56.8 Å². The van der Waals surface area contributed by atoms with E-state index in [1.165, 1.54) is 0 Å². The fourth-order valence-electron chi connectivity index (χ4n) is 11.4. The highest BCUT2D eigenvalue weighted by Crippen LogP contribution is 2.76. The number of aliphatic hydroxyl groups is 8. The van der Waals surface area contributed by atoms with E-state index < -0.39 is 88.1 Å². The molecule has 0 amide bonds. The lowest BCUT2D eigenvalue weighted by Gasteiger charge is -2.63. The number of piperidine rings is 2. The average Bonchev–Trinajstić information content (AvgIpc) is 3.13. The minimum Gasteiger partial charge on any atom is -0.390 e. The molecule has 210 valence electrons. The lowest BCUT2D eigenvalue weighted by molar-refractivity contribution is -0.296. The Balaban J connectivity index is 1.39. The minimum absolute atomic E-state index is 0.174. The number of hydrogen-bond donors (Lipinski definition) is 8. The van der Waals surface area contributed by atoms with E-state index in [4.69, 9.17) is 4.74 Å². The van der Waals surface area contributed by atoms with Gasteiger partial charge in [0.2, 0.25) is 0 Å². The number of hydrogen-bond acceptors (Lipinski definition) is 10. The van der Waals surface area contributed by atoms with Crippen molar-refractivity contribution in [2.45, 2.75) is 112 Å². The Bertz CT molecular complexity index is 997. The highest BCUT2D eigenvalue weighted by atomic mass is 16.7. The molecule has 0 aromatic rings. The first-order chi connectivity index (χ1) is 17.2. The zero-order valence-electron chi connectivity index (χ0n) is 21.8. The molecule has 10 heteroatoms. The molecule has 4 saturated carbocycles. The fourth-order valence-corrected chi connectivity index (χ4v) is 11.4. The molecule has 0 aromatic heterocycles. The predicted octanol–water partition coefficient (Wildman–Crippen LogP) is -1.84. The van der Waals surface area contributed by atoms with Gasteiger partial charge in [0.15, 0.2) is 5.79 Å². The van der Waals surface area contributed by atoms with Crippen LogP contribution in [0.25, 0.3) is 0 Å². The van der Waals surface area contributed by atoms with Crippen LogP contribution >= 0.6 is 0 Å². The minimum atomic E-state index is -2.10. The largest absolute Gasteiger partial charge is 0.390 e. The normalized spacial score (nSPS) is 68.5. The van der Waals surface area contributed by atoms with Crippen molar-refractivity contribution in [2.24, 2.45) is 40.9 Å². The van der Waals surface area contributed by atoms with Crippen LogP contribution < -0.4 is 0 Å². The Hall–Kier alpha value is -0.400. The van der Waals surface area contributed by atoms with Crippen LogP contribution in [0.15, 0.2) is 0 Å². The highest BCUT2D eigenvalue weighted by Gasteiger charge is 2.88. The molecule has 3 heterocycles. The maximum atomic E-state index is 12.5. The highest BCUT2D eigenvalue weighted by molar-refractivity contribution is 5.34. The second-order valence-electron chi connectivity index (χ2n) is 14.4. The molecule has 7 fully saturated rings. The fraction of sp³-hybridized carbons (Fsp3) is 1.00. The molecule has 17 atom stereocenters. The van der Waals surface area contributed by atoms with Gasteiger partial charge in [0.25, 0.3) is 0 Å². The third-order valence-electron chi connectivity index (χ3n) is 12.9. The number of aliphatic hydroxyl groups excluding tert-OH is 5. The van der Waals surface area contributed by atoms with Gasteiger partial charge in [-0.1, -0.05) is 13.8 Å². The van der Waals surface area contributed by atoms with E-state index in [0.717, 1.165) is 19.4 Å². The zero-order chi connectivity index (χ0) is 26.7. The molecule has 4 bridgehead atoms. The van der Waals surface area contributed by atoms with Gasteiger partial charge in [0.1, 0.15) is 17.8 Å². The van der Waals surface area contributed by atoms with Crippen molar-refractivity contribution in [3.05, 3.63) is 0 Å². The van der Waals surface area contributed by atoms with E-state index in [2.05, 4.69) is 11.8 Å². The summed E-state index contributed by atoms with van der Waals surface area (Å²) < 4.78 is 6.42.